The summed E-state index contributed by atoms with van der Waals surface area (Å²) in [6.45, 7) is 5.55. The molecule has 0 aliphatic carbocycles. The van der Waals surface area contributed by atoms with Gasteiger partial charge in [0, 0.05) is 42.4 Å². The van der Waals surface area contributed by atoms with Gasteiger partial charge in [-0.1, -0.05) is 29.8 Å². The number of aromatic nitrogens is 2. The van der Waals surface area contributed by atoms with E-state index in [0.29, 0.717) is 23.0 Å². The van der Waals surface area contributed by atoms with Crippen molar-refractivity contribution in [3.63, 3.8) is 0 Å². The lowest BCUT2D eigenvalue weighted by molar-refractivity contribution is 0.0782. The monoisotopic (exact) mass is 461 g/mol. The zero-order chi connectivity index (χ0) is 23.7. The Morgan fingerprint density at radius 1 is 1.24 bits per heavy atom. The largest absolute Gasteiger partial charge is 0.337 e. The molecule has 1 saturated heterocycles. The normalized spacial score (nSPS) is 15.8. The van der Waals surface area contributed by atoms with E-state index in [1.165, 1.54) is 0 Å². The number of amides is 1. The number of likely N-dealkylation sites (tertiary alicyclic amines) is 1. The van der Waals surface area contributed by atoms with Crippen LogP contribution in [0.1, 0.15) is 44.9 Å². The van der Waals surface area contributed by atoms with Gasteiger partial charge in [-0.15, -0.1) is 0 Å². The van der Waals surface area contributed by atoms with E-state index in [2.05, 4.69) is 25.1 Å². The second kappa shape index (κ2) is 9.38. The molecule has 1 unspecified atom stereocenters. The quantitative estimate of drug-likeness (QED) is 0.565. The number of nitriles is 1. The molecule has 1 atom stereocenters. The minimum absolute atomic E-state index is 0.0940. The van der Waals surface area contributed by atoms with Crippen LogP contribution >= 0.6 is 11.6 Å². The molecule has 0 N–H and O–H groups in total. The third kappa shape index (κ3) is 4.52. The van der Waals surface area contributed by atoms with Gasteiger partial charge in [0.15, 0.2) is 0 Å². The Hall–Kier alpha value is -3.14. The maximum Gasteiger partial charge on any atom is 0.254 e. The molecule has 0 spiro atoms. The molecule has 6 nitrogen and oxygen atoms in total. The SMILES string of the molecule is Cc1nn(-c2ccc(C#N)c(Cl)c2)c(C)c1Cc1ccccc1C(=O)N1CCC(N(C)C)C1. The molecule has 2 heterocycles. The number of likely N-dealkylation sites (N-methyl/N-ethyl adjacent to an activating group) is 1. The smallest absolute Gasteiger partial charge is 0.254 e. The summed E-state index contributed by atoms with van der Waals surface area (Å²) in [6.07, 6.45) is 1.62. The molecule has 2 aromatic carbocycles. The van der Waals surface area contributed by atoms with Gasteiger partial charge in [0.2, 0.25) is 0 Å². The van der Waals surface area contributed by atoms with Crippen molar-refractivity contribution in [2.45, 2.75) is 32.7 Å². The molecule has 33 heavy (non-hydrogen) atoms. The summed E-state index contributed by atoms with van der Waals surface area (Å²) in [5.41, 5.74) is 5.98. The Balaban J connectivity index is 1.63. The van der Waals surface area contributed by atoms with Crippen molar-refractivity contribution < 1.29 is 4.79 Å². The molecule has 1 amide bonds. The van der Waals surface area contributed by atoms with Crippen molar-refractivity contribution in [1.29, 1.82) is 5.26 Å². The number of halogens is 1. The summed E-state index contributed by atoms with van der Waals surface area (Å²) in [5, 5.41) is 14.3. The van der Waals surface area contributed by atoms with E-state index in [1.807, 2.05) is 53.8 Å². The van der Waals surface area contributed by atoms with Gasteiger partial charge in [0.25, 0.3) is 5.91 Å². The number of hydrogen-bond acceptors (Lipinski definition) is 4. The molecule has 0 saturated carbocycles. The number of hydrogen-bond donors (Lipinski definition) is 0. The van der Waals surface area contributed by atoms with Gasteiger partial charge < -0.3 is 9.80 Å². The molecule has 1 aliphatic rings. The predicted molar refractivity (Wildman–Crippen MR) is 130 cm³/mol. The van der Waals surface area contributed by atoms with Gasteiger partial charge in [-0.3, -0.25) is 4.79 Å². The van der Waals surface area contributed by atoms with Gasteiger partial charge in [-0.2, -0.15) is 10.4 Å². The van der Waals surface area contributed by atoms with E-state index >= 15 is 0 Å². The van der Waals surface area contributed by atoms with Crippen LogP contribution in [0.2, 0.25) is 5.02 Å². The lowest BCUT2D eigenvalue weighted by Gasteiger charge is -2.21. The van der Waals surface area contributed by atoms with Crippen LogP contribution in [0.4, 0.5) is 0 Å². The van der Waals surface area contributed by atoms with E-state index in [1.54, 1.807) is 12.1 Å². The summed E-state index contributed by atoms with van der Waals surface area (Å²) in [7, 11) is 4.13. The highest BCUT2D eigenvalue weighted by molar-refractivity contribution is 6.31. The van der Waals surface area contributed by atoms with Crippen LogP contribution in [0, 0.1) is 25.2 Å². The first-order valence-electron chi connectivity index (χ1n) is 11.1. The van der Waals surface area contributed by atoms with E-state index < -0.39 is 0 Å². The van der Waals surface area contributed by atoms with Crippen molar-refractivity contribution in [3.05, 3.63) is 81.1 Å². The van der Waals surface area contributed by atoms with Gasteiger partial charge in [-0.05, 0) is 64.2 Å². The Labute approximate surface area is 200 Å². The molecule has 170 valence electrons. The van der Waals surface area contributed by atoms with Gasteiger partial charge >= 0.3 is 0 Å². The van der Waals surface area contributed by atoms with Crippen molar-refractivity contribution in [1.82, 2.24) is 19.6 Å². The lowest BCUT2D eigenvalue weighted by Crippen LogP contribution is -2.34. The van der Waals surface area contributed by atoms with Crippen LogP contribution in [0.15, 0.2) is 42.5 Å². The molecule has 7 heteroatoms. The number of carbonyl (C=O) groups is 1. The molecular formula is C26H28ClN5O. The number of rotatable bonds is 5. The summed E-state index contributed by atoms with van der Waals surface area (Å²) in [5.74, 6) is 0.0940. The minimum Gasteiger partial charge on any atom is -0.337 e. The number of aryl methyl sites for hydroxylation is 1. The van der Waals surface area contributed by atoms with Crippen LogP contribution in [0.3, 0.4) is 0 Å². The Bertz CT molecular complexity index is 1240. The summed E-state index contributed by atoms with van der Waals surface area (Å²) < 4.78 is 1.85. The fourth-order valence-corrected chi connectivity index (χ4v) is 4.72. The van der Waals surface area contributed by atoms with Crippen LogP contribution in [-0.2, 0) is 6.42 Å². The molecule has 1 fully saturated rings. The van der Waals surface area contributed by atoms with Crippen molar-refractivity contribution in [2.75, 3.05) is 27.2 Å². The molecule has 3 aromatic rings. The second-order valence-electron chi connectivity index (χ2n) is 8.83. The Morgan fingerprint density at radius 3 is 2.67 bits per heavy atom. The molecule has 1 aromatic heterocycles. The molecule has 1 aliphatic heterocycles. The van der Waals surface area contributed by atoms with E-state index in [-0.39, 0.29) is 5.91 Å². The fourth-order valence-electron chi connectivity index (χ4n) is 4.50. The third-order valence-corrected chi connectivity index (χ3v) is 6.87. The standard InChI is InChI=1S/C26H28ClN5O/c1-17-24(18(2)32(29-17)21-10-9-20(15-28)25(27)14-21)13-19-7-5-6-8-23(19)26(33)31-12-11-22(16-31)30(3)4/h5-10,14,22H,11-13,16H2,1-4H3. The summed E-state index contributed by atoms with van der Waals surface area (Å²) in [4.78, 5) is 17.5. The molecular weight excluding hydrogens is 434 g/mol. The number of nitrogens with zero attached hydrogens (tertiary/aromatic N) is 5. The highest BCUT2D eigenvalue weighted by atomic mass is 35.5. The van der Waals surface area contributed by atoms with Gasteiger partial charge in [-0.25, -0.2) is 4.68 Å². The molecule has 0 bridgehead atoms. The Morgan fingerprint density at radius 2 is 2.00 bits per heavy atom. The van der Waals surface area contributed by atoms with E-state index in [9.17, 15) is 4.79 Å². The summed E-state index contributed by atoms with van der Waals surface area (Å²) in [6, 6.07) is 15.7. The number of benzene rings is 2. The maximum atomic E-state index is 13.4. The van der Waals surface area contributed by atoms with Crippen molar-refractivity contribution in [3.8, 4) is 11.8 Å². The van der Waals surface area contributed by atoms with E-state index in [4.69, 9.17) is 22.0 Å². The first-order chi connectivity index (χ1) is 15.8. The first kappa shape index (κ1) is 23.0. The molecule has 4 rings (SSSR count). The summed E-state index contributed by atoms with van der Waals surface area (Å²) >= 11 is 6.25. The minimum atomic E-state index is 0.0940. The number of carbonyl (C=O) groups excluding carboxylic acids is 1. The fraction of sp³-hybridized carbons (Fsp3) is 0.346. The van der Waals surface area contributed by atoms with Crippen LogP contribution < -0.4 is 0 Å². The van der Waals surface area contributed by atoms with Crippen LogP contribution in [-0.4, -0.2) is 58.7 Å². The highest BCUT2D eigenvalue weighted by Gasteiger charge is 2.29. The van der Waals surface area contributed by atoms with E-state index in [0.717, 1.165) is 53.3 Å². The van der Waals surface area contributed by atoms with Crippen molar-refractivity contribution >= 4 is 17.5 Å². The predicted octanol–water partition coefficient (Wildman–Crippen LogP) is 4.38. The molecule has 0 radical (unpaired) electrons. The van der Waals surface area contributed by atoms with Gasteiger partial charge in [0.1, 0.15) is 6.07 Å². The Kier molecular flexibility index (Phi) is 6.55. The van der Waals surface area contributed by atoms with Crippen LogP contribution in [0.25, 0.3) is 5.69 Å². The third-order valence-electron chi connectivity index (χ3n) is 6.55. The highest BCUT2D eigenvalue weighted by Crippen LogP contribution is 2.26. The first-order valence-corrected chi connectivity index (χ1v) is 11.5. The lowest BCUT2D eigenvalue weighted by atomic mass is 9.98. The van der Waals surface area contributed by atoms with Gasteiger partial charge in [0.05, 0.1) is 22.0 Å². The topological polar surface area (TPSA) is 65.2 Å². The average Bonchev–Trinajstić information content (AvgIpc) is 3.40. The average molecular weight is 462 g/mol. The van der Waals surface area contributed by atoms with Crippen molar-refractivity contribution in [2.24, 2.45) is 0 Å². The second-order valence-corrected chi connectivity index (χ2v) is 9.24. The zero-order valence-electron chi connectivity index (χ0n) is 19.5. The zero-order valence-corrected chi connectivity index (χ0v) is 20.2. The maximum absolute atomic E-state index is 13.4. The van der Waals surface area contributed by atoms with Crippen LogP contribution in [0.5, 0.6) is 0 Å².